The first-order valence-electron chi connectivity index (χ1n) is 15.7. The third-order valence-corrected chi connectivity index (χ3v) is 9.23. The van der Waals surface area contributed by atoms with Crippen molar-refractivity contribution in [3.8, 4) is 0 Å². The third-order valence-electron chi connectivity index (χ3n) is 9.23. The highest BCUT2D eigenvalue weighted by molar-refractivity contribution is 5.68. The molecule has 14 heteroatoms. The molecule has 2 fully saturated rings. The molecule has 2 unspecified atom stereocenters. The highest BCUT2D eigenvalue weighted by Crippen LogP contribution is 2.40. The first-order valence-corrected chi connectivity index (χ1v) is 15.7. The molecule has 3 N–H and O–H groups in total. The minimum atomic E-state index is -1.03. The van der Waals surface area contributed by atoms with E-state index in [9.17, 15) is 33.1 Å². The number of piperidine rings is 2. The molecule has 4 aromatic rings. The summed E-state index contributed by atoms with van der Waals surface area (Å²) in [4.78, 5) is 49.2. The average Bonchev–Trinajstić information content (AvgIpc) is 3.71. The van der Waals surface area contributed by atoms with Crippen molar-refractivity contribution < 1.29 is 37.3 Å². The number of nitrogens with one attached hydrogen (secondary N) is 2. The molecule has 0 spiro atoms. The Morgan fingerprint density at radius 3 is 2.02 bits per heavy atom. The second-order valence-electron chi connectivity index (χ2n) is 12.5. The van der Waals surface area contributed by atoms with Crippen molar-refractivity contribution in [3.63, 3.8) is 0 Å². The molecule has 0 saturated carbocycles. The summed E-state index contributed by atoms with van der Waals surface area (Å²) in [5, 5.41) is 14.1. The van der Waals surface area contributed by atoms with E-state index in [2.05, 4.69) is 10.3 Å². The molecule has 2 amide bonds. The lowest BCUT2D eigenvalue weighted by atomic mass is 9.77. The number of amides is 2. The van der Waals surface area contributed by atoms with E-state index in [1.807, 2.05) is 6.92 Å². The van der Waals surface area contributed by atoms with Gasteiger partial charge in [-0.1, -0.05) is 36.4 Å². The Balaban J connectivity index is 0.000000188. The van der Waals surface area contributed by atoms with Crippen molar-refractivity contribution in [3.05, 3.63) is 116 Å². The number of H-pyrrole nitrogens is 2. The summed E-state index contributed by atoms with van der Waals surface area (Å²) in [5.74, 6) is 0.364. The number of hydrogen-bond acceptors (Lipinski definition) is 7. The van der Waals surface area contributed by atoms with Gasteiger partial charge in [-0.05, 0) is 68.7 Å². The number of rotatable bonds is 6. The van der Waals surface area contributed by atoms with Crippen LogP contribution in [0.4, 0.5) is 18.4 Å². The van der Waals surface area contributed by atoms with Crippen molar-refractivity contribution in [2.75, 3.05) is 20.2 Å². The van der Waals surface area contributed by atoms with Crippen LogP contribution >= 0.6 is 0 Å². The Hall–Kier alpha value is -5.14. The topological polar surface area (TPSA) is 162 Å². The van der Waals surface area contributed by atoms with Crippen molar-refractivity contribution in [1.82, 2.24) is 20.1 Å². The van der Waals surface area contributed by atoms with Crippen LogP contribution < -0.4 is 11.1 Å². The molecule has 2 aromatic heterocycles. The number of hydrogen-bond donors (Lipinski definition) is 3. The maximum Gasteiger partial charge on any atom is 0.409 e. The molecule has 2 aromatic carbocycles. The molecule has 0 aliphatic carbocycles. The van der Waals surface area contributed by atoms with Gasteiger partial charge in [-0.2, -0.15) is 10.3 Å². The molecule has 2 saturated heterocycles. The summed E-state index contributed by atoms with van der Waals surface area (Å²) >= 11 is 0. The molecule has 12 nitrogen and oxygen atoms in total. The second-order valence-corrected chi connectivity index (χ2v) is 12.5. The van der Waals surface area contributed by atoms with Gasteiger partial charge in [0.1, 0.15) is 23.2 Å². The molecule has 2 aliphatic rings. The van der Waals surface area contributed by atoms with Gasteiger partial charge >= 0.3 is 12.2 Å². The number of benzene rings is 2. The number of carboxylic acid groups (broad SMARTS) is 1. The number of ether oxygens (including phenoxy) is 1. The van der Waals surface area contributed by atoms with Crippen LogP contribution in [0, 0.1) is 11.6 Å². The fourth-order valence-electron chi connectivity index (χ4n) is 6.86. The fourth-order valence-corrected chi connectivity index (χ4v) is 6.86. The lowest BCUT2D eigenvalue weighted by Crippen LogP contribution is -2.55. The van der Waals surface area contributed by atoms with Gasteiger partial charge in [0, 0.05) is 48.6 Å². The van der Waals surface area contributed by atoms with Crippen LogP contribution in [0.2, 0.25) is 0 Å². The van der Waals surface area contributed by atoms with Gasteiger partial charge < -0.3 is 28.7 Å². The van der Waals surface area contributed by atoms with Crippen LogP contribution in [0.3, 0.4) is 0 Å². The SMILES string of the molecule is COC(=O)N1CCC(c2cc(=O)[nH]o2)CC1Cc1ccccc1F.C[C@]1(Cc2ccccc2F)C[C@H](c2cc(=O)[nH]o2)CCN1C(=O)O. The van der Waals surface area contributed by atoms with Crippen LogP contribution in [-0.4, -0.2) is 69.2 Å². The number of carbonyl (C=O) groups excluding carboxylic acids is 1. The van der Waals surface area contributed by atoms with Gasteiger partial charge in [-0.25, -0.2) is 18.4 Å². The van der Waals surface area contributed by atoms with Crippen LogP contribution in [0.5, 0.6) is 0 Å². The van der Waals surface area contributed by atoms with Crippen LogP contribution in [-0.2, 0) is 17.6 Å². The lowest BCUT2D eigenvalue weighted by Gasteiger charge is -2.46. The molecule has 48 heavy (non-hydrogen) atoms. The summed E-state index contributed by atoms with van der Waals surface area (Å²) < 4.78 is 43.3. The Bertz CT molecular complexity index is 1830. The van der Waals surface area contributed by atoms with Gasteiger partial charge in [0.2, 0.25) is 0 Å². The molecular formula is C34H38F2N4O8. The van der Waals surface area contributed by atoms with Crippen LogP contribution in [0.15, 0.2) is 79.3 Å². The van der Waals surface area contributed by atoms with Crippen LogP contribution in [0.1, 0.15) is 67.1 Å². The quantitative estimate of drug-likeness (QED) is 0.238. The highest BCUT2D eigenvalue weighted by Gasteiger charge is 2.43. The predicted octanol–water partition coefficient (Wildman–Crippen LogP) is 5.63. The number of methoxy groups -OCH3 is 1. The van der Waals surface area contributed by atoms with Crippen LogP contribution in [0.25, 0.3) is 0 Å². The van der Waals surface area contributed by atoms with Crippen molar-refractivity contribution in [2.24, 2.45) is 0 Å². The van der Waals surface area contributed by atoms with Gasteiger partial charge in [-0.3, -0.25) is 9.59 Å². The van der Waals surface area contributed by atoms with Gasteiger partial charge in [-0.15, -0.1) is 0 Å². The second kappa shape index (κ2) is 14.7. The van der Waals surface area contributed by atoms with E-state index in [1.165, 1.54) is 36.3 Å². The number of likely N-dealkylation sites (tertiary alicyclic amines) is 2. The zero-order valence-electron chi connectivity index (χ0n) is 26.6. The molecule has 6 rings (SSSR count). The summed E-state index contributed by atoms with van der Waals surface area (Å²) in [5.41, 5.74) is -0.366. The largest absolute Gasteiger partial charge is 0.465 e. The predicted molar refractivity (Wildman–Crippen MR) is 169 cm³/mol. The van der Waals surface area contributed by atoms with E-state index in [4.69, 9.17) is 13.8 Å². The molecule has 2 aliphatic heterocycles. The molecule has 0 bridgehead atoms. The summed E-state index contributed by atoms with van der Waals surface area (Å²) in [6.07, 6.45) is 1.43. The minimum Gasteiger partial charge on any atom is -0.465 e. The molecule has 4 atom stereocenters. The first kappa shape index (κ1) is 34.2. The normalized spacial score (nSPS) is 22.5. The van der Waals surface area contributed by atoms with E-state index < -0.39 is 17.7 Å². The van der Waals surface area contributed by atoms with E-state index in [-0.39, 0.29) is 47.1 Å². The highest BCUT2D eigenvalue weighted by atomic mass is 19.1. The average molecular weight is 669 g/mol. The van der Waals surface area contributed by atoms with Crippen molar-refractivity contribution >= 4 is 12.2 Å². The van der Waals surface area contributed by atoms with E-state index in [0.717, 1.165) is 0 Å². The number of aromatic amines is 2. The number of carbonyl (C=O) groups is 2. The fraction of sp³-hybridized carbons (Fsp3) is 0.412. The molecular weight excluding hydrogens is 630 g/mol. The lowest BCUT2D eigenvalue weighted by molar-refractivity contribution is 0.0456. The number of halogens is 2. The summed E-state index contributed by atoms with van der Waals surface area (Å²) in [6.45, 7) is 2.58. The Kier molecular flexibility index (Phi) is 10.5. The third kappa shape index (κ3) is 7.86. The monoisotopic (exact) mass is 668 g/mol. The van der Waals surface area contributed by atoms with Crippen molar-refractivity contribution in [2.45, 2.75) is 68.9 Å². The summed E-state index contributed by atoms with van der Waals surface area (Å²) in [7, 11) is 1.33. The smallest absolute Gasteiger partial charge is 0.409 e. The maximum absolute atomic E-state index is 14.0. The van der Waals surface area contributed by atoms with Gasteiger partial charge in [0.05, 0.1) is 7.11 Å². The zero-order chi connectivity index (χ0) is 34.4. The number of nitrogens with zero attached hydrogens (tertiary/aromatic N) is 2. The van der Waals surface area contributed by atoms with E-state index >= 15 is 0 Å². The Morgan fingerprint density at radius 1 is 0.917 bits per heavy atom. The number of aromatic nitrogens is 2. The Morgan fingerprint density at radius 2 is 1.48 bits per heavy atom. The van der Waals surface area contributed by atoms with E-state index in [0.29, 0.717) is 67.8 Å². The van der Waals surface area contributed by atoms with Crippen molar-refractivity contribution in [1.29, 1.82) is 0 Å². The maximum atomic E-state index is 14.0. The zero-order valence-corrected chi connectivity index (χ0v) is 26.6. The van der Waals surface area contributed by atoms with E-state index in [1.54, 1.807) is 41.3 Å². The van der Waals surface area contributed by atoms with Gasteiger partial charge in [0.15, 0.2) is 0 Å². The molecule has 4 heterocycles. The summed E-state index contributed by atoms with van der Waals surface area (Å²) in [6, 6.07) is 15.5. The minimum absolute atomic E-state index is 0.00151. The van der Waals surface area contributed by atoms with Gasteiger partial charge in [0.25, 0.3) is 11.1 Å². The Labute approximate surface area is 274 Å². The molecule has 0 radical (unpaired) electrons. The first-order chi connectivity index (χ1) is 23.0. The molecule has 256 valence electrons. The standard InChI is InChI=1S/2C17H19FN2O4/c1-17(9-11-4-2-3-5-13(11)18)10-12(6-7-20(17)16(22)23)14-8-15(21)19-24-14;1-23-17(22)20-7-6-12(15-10-16(21)19-24-15)9-13(20)8-11-4-2-3-5-14(11)18/h2-5,8,12H,6-7,9-10H2,1H3,(H,19,21)(H,22,23);2-5,10,12-13H,6-9H2,1H3,(H,19,21)/t12-,17+;/m1./s1.